The van der Waals surface area contributed by atoms with Crippen LogP contribution in [-0.2, 0) is 19.1 Å². The fourth-order valence-corrected chi connectivity index (χ4v) is 2.60. The van der Waals surface area contributed by atoms with Crippen LogP contribution in [0.5, 0.6) is 0 Å². The summed E-state index contributed by atoms with van der Waals surface area (Å²) in [6.07, 6.45) is 8.43. The molecule has 0 heterocycles. The monoisotopic (exact) mass is 336 g/mol. The highest BCUT2D eigenvalue weighted by atomic mass is 19.1. The van der Waals surface area contributed by atoms with Gasteiger partial charge in [-0.1, -0.05) is 32.8 Å². The zero-order valence-corrected chi connectivity index (χ0v) is 14.8. The van der Waals surface area contributed by atoms with Gasteiger partial charge in [0, 0.05) is 6.08 Å². The Bertz CT molecular complexity index is 581. The Kier molecular flexibility index (Phi) is 6.77. The highest BCUT2D eigenvalue weighted by Gasteiger charge is 2.61. The second kappa shape index (κ2) is 8.14. The lowest BCUT2D eigenvalue weighted by molar-refractivity contribution is -0.148. The number of hydrogen-bond acceptors (Lipinski definition) is 4. The molecule has 132 valence electrons. The molecule has 0 saturated heterocycles. The Morgan fingerprint density at radius 1 is 1.33 bits per heavy atom. The smallest absolute Gasteiger partial charge is 0.330 e. The van der Waals surface area contributed by atoms with Crippen LogP contribution < -0.4 is 0 Å². The first kappa shape index (κ1) is 20.0. The quantitative estimate of drug-likeness (QED) is 0.405. The zero-order chi connectivity index (χ0) is 18.5. The molecule has 4 nitrogen and oxygen atoms in total. The van der Waals surface area contributed by atoms with Gasteiger partial charge in [0.05, 0.1) is 12.0 Å². The van der Waals surface area contributed by atoms with E-state index in [0.717, 1.165) is 0 Å². The summed E-state index contributed by atoms with van der Waals surface area (Å²) >= 11 is 0. The van der Waals surface area contributed by atoms with Crippen LogP contribution in [-0.4, -0.2) is 24.1 Å². The molecule has 3 atom stereocenters. The second-order valence-electron chi connectivity index (χ2n) is 6.65. The van der Waals surface area contributed by atoms with Crippen LogP contribution in [0, 0.1) is 29.6 Å². The maximum atomic E-state index is 13.7. The Labute approximate surface area is 143 Å². The first-order valence-electron chi connectivity index (χ1n) is 8.06. The lowest BCUT2D eigenvalue weighted by Gasteiger charge is -2.11. The van der Waals surface area contributed by atoms with Gasteiger partial charge in [-0.2, -0.15) is 0 Å². The lowest BCUT2D eigenvalue weighted by atomic mass is 10.1. The Morgan fingerprint density at radius 3 is 2.46 bits per heavy atom. The van der Waals surface area contributed by atoms with Crippen molar-refractivity contribution in [1.82, 2.24) is 0 Å². The third-order valence-electron chi connectivity index (χ3n) is 3.99. The van der Waals surface area contributed by atoms with E-state index in [1.807, 2.05) is 13.8 Å². The number of terminal acetylenes is 1. The van der Waals surface area contributed by atoms with Gasteiger partial charge in [0.15, 0.2) is 0 Å². The second-order valence-corrected chi connectivity index (χ2v) is 6.65. The molecule has 0 radical (unpaired) electrons. The number of allylic oxidation sites excluding steroid dienone is 2. The fourth-order valence-electron chi connectivity index (χ4n) is 2.60. The largest absolute Gasteiger partial charge is 0.460 e. The third kappa shape index (κ3) is 4.95. The van der Waals surface area contributed by atoms with Crippen LogP contribution in [0.4, 0.5) is 4.39 Å². The number of esters is 2. The van der Waals surface area contributed by atoms with Crippen molar-refractivity contribution in [3.8, 4) is 12.3 Å². The number of rotatable bonds is 7. The lowest BCUT2D eigenvalue weighted by Crippen LogP contribution is -2.20. The average molecular weight is 336 g/mol. The first-order valence-corrected chi connectivity index (χ1v) is 8.06. The van der Waals surface area contributed by atoms with Crippen molar-refractivity contribution < 1.29 is 23.5 Å². The first-order chi connectivity index (χ1) is 11.1. The normalized spacial score (nSPS) is 23.7. The Balaban J connectivity index is 2.71. The van der Waals surface area contributed by atoms with Crippen LogP contribution in [0.3, 0.4) is 0 Å². The van der Waals surface area contributed by atoms with Crippen molar-refractivity contribution in [3.63, 3.8) is 0 Å². The van der Waals surface area contributed by atoms with Gasteiger partial charge in [0.25, 0.3) is 0 Å². The van der Waals surface area contributed by atoms with Crippen LogP contribution in [0.2, 0.25) is 0 Å². The summed E-state index contributed by atoms with van der Waals surface area (Å²) in [5.74, 6) is -0.170. The number of hydrogen-bond donors (Lipinski definition) is 0. The Hall–Kier alpha value is -2.09. The highest BCUT2D eigenvalue weighted by Crippen LogP contribution is 2.59. The molecule has 1 aliphatic carbocycles. The zero-order valence-electron chi connectivity index (χ0n) is 14.8. The SMILES string of the molecule is C#CC(OC(=O)C1C(C=CC(=O)OC(C)C)C1(C)C)C(F)=CCC. The van der Waals surface area contributed by atoms with E-state index in [2.05, 4.69) is 5.92 Å². The molecule has 1 aliphatic rings. The molecule has 24 heavy (non-hydrogen) atoms. The maximum Gasteiger partial charge on any atom is 0.330 e. The summed E-state index contributed by atoms with van der Waals surface area (Å²) in [6.45, 7) is 9.03. The molecule has 0 spiro atoms. The van der Waals surface area contributed by atoms with E-state index < -0.39 is 29.8 Å². The van der Waals surface area contributed by atoms with Crippen LogP contribution in [0.25, 0.3) is 0 Å². The minimum absolute atomic E-state index is 0.179. The summed E-state index contributed by atoms with van der Waals surface area (Å²) in [6, 6.07) is 0. The molecule has 5 heteroatoms. The highest BCUT2D eigenvalue weighted by molar-refractivity contribution is 5.83. The van der Waals surface area contributed by atoms with Gasteiger partial charge < -0.3 is 9.47 Å². The number of ether oxygens (including phenoxy) is 2. The van der Waals surface area contributed by atoms with Crippen LogP contribution >= 0.6 is 0 Å². The summed E-state index contributed by atoms with van der Waals surface area (Å²) in [5.41, 5.74) is -0.379. The molecule has 0 aromatic rings. The molecule has 0 aromatic heterocycles. The molecule has 0 N–H and O–H groups in total. The summed E-state index contributed by atoms with van der Waals surface area (Å²) < 4.78 is 23.9. The molecular formula is C19H25FO4. The Morgan fingerprint density at radius 2 is 1.96 bits per heavy atom. The minimum atomic E-state index is -1.30. The predicted molar refractivity (Wildman–Crippen MR) is 89.3 cm³/mol. The molecular weight excluding hydrogens is 311 g/mol. The van der Waals surface area contributed by atoms with Crippen molar-refractivity contribution >= 4 is 11.9 Å². The van der Waals surface area contributed by atoms with E-state index >= 15 is 0 Å². The van der Waals surface area contributed by atoms with Gasteiger partial charge in [-0.05, 0) is 37.7 Å². The maximum absolute atomic E-state index is 13.7. The van der Waals surface area contributed by atoms with Gasteiger partial charge in [0.1, 0.15) is 5.83 Å². The van der Waals surface area contributed by atoms with E-state index in [4.69, 9.17) is 15.9 Å². The van der Waals surface area contributed by atoms with Crippen LogP contribution in [0.1, 0.15) is 41.0 Å². The van der Waals surface area contributed by atoms with Crippen molar-refractivity contribution in [2.75, 3.05) is 0 Å². The molecule has 1 rings (SSSR count). The van der Waals surface area contributed by atoms with E-state index in [1.165, 1.54) is 12.2 Å². The average Bonchev–Trinajstić information content (AvgIpc) is 3.03. The number of carbonyl (C=O) groups excluding carboxylic acids is 2. The van der Waals surface area contributed by atoms with Gasteiger partial charge in [-0.15, -0.1) is 6.42 Å². The number of halogens is 1. The molecule has 0 aliphatic heterocycles. The van der Waals surface area contributed by atoms with E-state index in [0.29, 0.717) is 6.42 Å². The van der Waals surface area contributed by atoms with Crippen LogP contribution in [0.15, 0.2) is 24.1 Å². The van der Waals surface area contributed by atoms with Gasteiger partial charge in [-0.25, -0.2) is 9.18 Å². The third-order valence-corrected chi connectivity index (χ3v) is 3.99. The summed E-state index contributed by atoms with van der Waals surface area (Å²) in [5, 5.41) is 0. The standard InChI is InChI=1S/C19H25FO4/c1-7-9-14(20)15(8-2)24-18(22)17-13(19(17,5)6)10-11-16(21)23-12(3)4/h2,9-13,15,17H,7H2,1,3-6H3. The van der Waals surface area contributed by atoms with Gasteiger partial charge in [-0.3, -0.25) is 4.79 Å². The van der Waals surface area contributed by atoms with Gasteiger partial charge >= 0.3 is 11.9 Å². The minimum Gasteiger partial charge on any atom is -0.460 e. The summed E-state index contributed by atoms with van der Waals surface area (Å²) in [4.78, 5) is 23.8. The molecule has 3 unspecified atom stereocenters. The van der Waals surface area contributed by atoms with Gasteiger partial charge in [0.2, 0.25) is 6.10 Å². The topological polar surface area (TPSA) is 52.6 Å². The van der Waals surface area contributed by atoms with E-state index in [9.17, 15) is 14.0 Å². The molecule has 0 bridgehead atoms. The number of carbonyl (C=O) groups is 2. The van der Waals surface area contributed by atoms with Crippen molar-refractivity contribution in [2.24, 2.45) is 17.3 Å². The fraction of sp³-hybridized carbons (Fsp3) is 0.579. The summed E-state index contributed by atoms with van der Waals surface area (Å²) in [7, 11) is 0. The molecule has 0 aromatic carbocycles. The van der Waals surface area contributed by atoms with Crippen molar-refractivity contribution in [3.05, 3.63) is 24.1 Å². The molecule has 1 saturated carbocycles. The van der Waals surface area contributed by atoms with E-state index in [1.54, 1.807) is 26.8 Å². The molecule has 0 amide bonds. The predicted octanol–water partition coefficient (Wildman–Crippen LogP) is 3.57. The molecule has 1 fully saturated rings. The van der Waals surface area contributed by atoms with E-state index in [-0.39, 0.29) is 17.4 Å². The van der Waals surface area contributed by atoms with Crippen molar-refractivity contribution in [1.29, 1.82) is 0 Å². The van der Waals surface area contributed by atoms with Crippen molar-refractivity contribution in [2.45, 2.75) is 53.2 Å².